The fraction of sp³-hybridized carbons (Fsp3) is 0.435. The van der Waals surface area contributed by atoms with Gasteiger partial charge in [-0.05, 0) is 49.1 Å². The highest BCUT2D eigenvalue weighted by molar-refractivity contribution is 7.85. The van der Waals surface area contributed by atoms with Gasteiger partial charge < -0.3 is 23.7 Å². The van der Waals surface area contributed by atoms with Gasteiger partial charge in [0, 0.05) is 29.8 Å². The van der Waals surface area contributed by atoms with Crippen molar-refractivity contribution >= 4 is 39.2 Å². The Bertz CT molecular complexity index is 1150. The zero-order valence-electron chi connectivity index (χ0n) is 19.1. The molecule has 0 spiro atoms. The second-order valence-electron chi connectivity index (χ2n) is 8.17. The average Bonchev–Trinajstić information content (AvgIpc) is 3.23. The number of benzene rings is 2. The summed E-state index contributed by atoms with van der Waals surface area (Å²) in [6, 6.07) is 8.42. The number of rotatable bonds is 9. The van der Waals surface area contributed by atoms with E-state index in [0.717, 1.165) is 5.56 Å². The van der Waals surface area contributed by atoms with Crippen molar-refractivity contribution in [2.45, 2.75) is 24.7 Å². The van der Waals surface area contributed by atoms with E-state index in [4.69, 9.17) is 37.4 Å². The van der Waals surface area contributed by atoms with Crippen LogP contribution in [-0.2, 0) is 15.5 Å². The lowest BCUT2D eigenvalue weighted by molar-refractivity contribution is 0.0781. The Hall–Kier alpha value is -2.20. The Labute approximate surface area is 209 Å². The van der Waals surface area contributed by atoms with Crippen LogP contribution in [-0.4, -0.2) is 63.9 Å². The molecule has 0 saturated carbocycles. The average molecular weight is 531 g/mol. The van der Waals surface area contributed by atoms with Crippen molar-refractivity contribution in [3.8, 4) is 17.2 Å². The van der Waals surface area contributed by atoms with Crippen molar-refractivity contribution in [1.29, 1.82) is 0 Å². The van der Waals surface area contributed by atoms with Gasteiger partial charge in [0.15, 0.2) is 11.5 Å². The van der Waals surface area contributed by atoms with Crippen LogP contribution in [0.4, 0.5) is 0 Å². The van der Waals surface area contributed by atoms with Gasteiger partial charge in [-0.3, -0.25) is 4.79 Å². The number of ether oxygens (including phenoxy) is 3. The second-order valence-corrected chi connectivity index (χ2v) is 10.5. The highest BCUT2D eigenvalue weighted by Crippen LogP contribution is 2.43. The topological polar surface area (TPSA) is 105 Å². The van der Waals surface area contributed by atoms with E-state index in [9.17, 15) is 17.8 Å². The minimum atomic E-state index is -4.35. The first kappa shape index (κ1) is 26.4. The van der Waals surface area contributed by atoms with Crippen molar-refractivity contribution in [3.63, 3.8) is 0 Å². The largest absolute Gasteiger partial charge is 0.748 e. The fourth-order valence-electron chi connectivity index (χ4n) is 4.43. The number of carbonyl (C=O) groups excluding carboxylic acids is 1. The van der Waals surface area contributed by atoms with Crippen LogP contribution in [0.2, 0.25) is 10.0 Å². The molecule has 3 rings (SSSR count). The number of halogens is 2. The van der Waals surface area contributed by atoms with E-state index in [-0.39, 0.29) is 12.3 Å². The van der Waals surface area contributed by atoms with Gasteiger partial charge in [0.2, 0.25) is 5.75 Å². The zero-order valence-corrected chi connectivity index (χ0v) is 21.4. The van der Waals surface area contributed by atoms with Crippen molar-refractivity contribution in [3.05, 3.63) is 51.5 Å². The van der Waals surface area contributed by atoms with E-state index < -0.39 is 21.3 Å². The van der Waals surface area contributed by atoms with Crippen LogP contribution in [0.1, 0.15) is 35.2 Å². The molecule has 1 heterocycles. The van der Waals surface area contributed by atoms with Crippen molar-refractivity contribution in [2.24, 2.45) is 0 Å². The summed E-state index contributed by atoms with van der Waals surface area (Å²) < 4.78 is 49.6. The molecule has 0 N–H and O–H groups in total. The SMILES string of the molecule is COc1cc(C(=O)N2CCC(CCCS(=O)(=O)[O-])(c3ccc(Cl)c(Cl)c3)C2)cc(OC)c1OC. The van der Waals surface area contributed by atoms with Gasteiger partial charge in [0.25, 0.3) is 5.91 Å². The highest BCUT2D eigenvalue weighted by atomic mass is 35.5. The molecule has 0 radical (unpaired) electrons. The lowest BCUT2D eigenvalue weighted by Gasteiger charge is -2.31. The molecule has 2 aromatic carbocycles. The number of methoxy groups -OCH3 is 3. The summed E-state index contributed by atoms with van der Waals surface area (Å²) in [7, 11) is 0.0763. The number of hydrogen-bond acceptors (Lipinski definition) is 7. The third-order valence-electron chi connectivity index (χ3n) is 6.13. The first-order valence-corrected chi connectivity index (χ1v) is 12.9. The molecule has 1 atom stereocenters. The lowest BCUT2D eigenvalue weighted by Crippen LogP contribution is -2.35. The number of nitrogens with zero attached hydrogens (tertiary/aromatic N) is 1. The maximum Gasteiger partial charge on any atom is 0.254 e. The number of carbonyl (C=O) groups is 1. The highest BCUT2D eigenvalue weighted by Gasteiger charge is 2.41. The summed E-state index contributed by atoms with van der Waals surface area (Å²) in [5.41, 5.74) is 0.627. The van der Waals surface area contributed by atoms with Gasteiger partial charge in [0.1, 0.15) is 0 Å². The number of amides is 1. The third-order valence-corrected chi connectivity index (χ3v) is 7.66. The molecule has 8 nitrogen and oxygen atoms in total. The molecular weight excluding hydrogens is 505 g/mol. The van der Waals surface area contributed by atoms with Gasteiger partial charge in [-0.25, -0.2) is 8.42 Å². The van der Waals surface area contributed by atoms with E-state index in [1.54, 1.807) is 29.2 Å². The summed E-state index contributed by atoms with van der Waals surface area (Å²) >= 11 is 12.3. The van der Waals surface area contributed by atoms with Crippen LogP contribution in [0.25, 0.3) is 0 Å². The molecular formula is C23H26Cl2NO7S-. The predicted molar refractivity (Wildman–Crippen MR) is 129 cm³/mol. The first-order valence-electron chi connectivity index (χ1n) is 10.5. The molecule has 1 fully saturated rings. The smallest absolute Gasteiger partial charge is 0.254 e. The van der Waals surface area contributed by atoms with Gasteiger partial charge in [-0.2, -0.15) is 0 Å². The van der Waals surface area contributed by atoms with E-state index in [0.29, 0.717) is 58.8 Å². The van der Waals surface area contributed by atoms with Crippen molar-refractivity contribution in [2.75, 3.05) is 40.2 Å². The molecule has 1 aliphatic heterocycles. The maximum absolute atomic E-state index is 13.4. The molecule has 0 bridgehead atoms. The van der Waals surface area contributed by atoms with E-state index in [1.807, 2.05) is 6.07 Å². The quantitative estimate of drug-likeness (QED) is 0.448. The van der Waals surface area contributed by atoms with Crippen molar-refractivity contribution < 1.29 is 32.0 Å². The molecule has 11 heteroatoms. The Morgan fingerprint density at radius 3 is 2.24 bits per heavy atom. The Kier molecular flexibility index (Phi) is 8.23. The third kappa shape index (κ3) is 5.71. The van der Waals surface area contributed by atoms with Crippen LogP contribution in [0, 0.1) is 0 Å². The Morgan fingerprint density at radius 1 is 1.06 bits per heavy atom. The number of likely N-dealkylation sites (tertiary alicyclic amines) is 1. The molecule has 0 aromatic heterocycles. The minimum absolute atomic E-state index is 0.165. The summed E-state index contributed by atoms with van der Waals surface area (Å²) in [5.74, 6) is 0.392. The summed E-state index contributed by atoms with van der Waals surface area (Å²) in [4.78, 5) is 15.1. The Morgan fingerprint density at radius 2 is 1.71 bits per heavy atom. The first-order chi connectivity index (χ1) is 16.0. The lowest BCUT2D eigenvalue weighted by atomic mass is 9.76. The molecule has 34 heavy (non-hydrogen) atoms. The van der Waals surface area contributed by atoms with E-state index in [1.165, 1.54) is 21.3 Å². The van der Waals surface area contributed by atoms with Crippen LogP contribution in [0.3, 0.4) is 0 Å². The molecule has 1 amide bonds. The molecule has 1 unspecified atom stereocenters. The molecule has 1 aliphatic rings. The van der Waals surface area contributed by atoms with Gasteiger partial charge in [-0.15, -0.1) is 0 Å². The maximum atomic E-state index is 13.4. The second kappa shape index (κ2) is 10.6. The zero-order chi connectivity index (χ0) is 25.1. The molecule has 1 saturated heterocycles. The number of hydrogen-bond donors (Lipinski definition) is 0. The van der Waals surface area contributed by atoms with Crippen LogP contribution >= 0.6 is 23.2 Å². The van der Waals surface area contributed by atoms with Crippen molar-refractivity contribution in [1.82, 2.24) is 4.90 Å². The van der Waals surface area contributed by atoms with Gasteiger partial charge in [-0.1, -0.05) is 29.3 Å². The van der Waals surface area contributed by atoms with Gasteiger partial charge >= 0.3 is 0 Å². The summed E-state index contributed by atoms with van der Waals surface area (Å²) in [5, 5.41) is 0.760. The normalized spacial score (nSPS) is 18.1. The van der Waals surface area contributed by atoms with Crippen LogP contribution < -0.4 is 14.2 Å². The van der Waals surface area contributed by atoms with Gasteiger partial charge in [0.05, 0.1) is 41.5 Å². The standard InChI is InChI=1S/C23H27Cl2NO7S/c1-31-19-11-15(12-20(32-2)21(19)33-3)22(27)26-9-8-23(14-26,7-4-10-34(28,29)30)16-5-6-17(24)18(25)13-16/h5-6,11-13H,4,7-10,14H2,1-3H3,(H,28,29,30)/p-1. The van der Waals surface area contributed by atoms with Crippen LogP contribution in [0.5, 0.6) is 17.2 Å². The van der Waals surface area contributed by atoms with E-state index >= 15 is 0 Å². The van der Waals surface area contributed by atoms with E-state index in [2.05, 4.69) is 0 Å². The summed E-state index contributed by atoms with van der Waals surface area (Å²) in [6.07, 6.45) is 1.13. The van der Waals surface area contributed by atoms with Crippen LogP contribution in [0.15, 0.2) is 30.3 Å². The molecule has 186 valence electrons. The molecule has 2 aromatic rings. The predicted octanol–water partition coefficient (Wildman–Crippen LogP) is 4.13. The monoisotopic (exact) mass is 530 g/mol. The fourth-order valence-corrected chi connectivity index (χ4v) is 5.23. The Balaban J connectivity index is 1.93. The molecule has 0 aliphatic carbocycles. The minimum Gasteiger partial charge on any atom is -0.748 e. The summed E-state index contributed by atoms with van der Waals surface area (Å²) in [6.45, 7) is 0.749.